The standard InChI is InChI=1S/C15H17N6O.C8H14.Ni/c1-10-9-22-8-7-20(10)13-4-3-12-11(2)19-21(15(12)17-13)14-5-6-16-18-14;1-8-6-4-2-3-5-7-8;/h4-6,10H,7-9H2,1-2H3,(H,16,18);4-5,8H,2-3,6-7H2,1H3;/q-1;-2;+3. The molecule has 4 heterocycles. The maximum Gasteiger partial charge on any atom is 3.00 e. The van der Waals surface area contributed by atoms with Crippen molar-refractivity contribution in [1.82, 2.24) is 25.0 Å². The SMILES string of the molecule is CC1C[CH-]CC[CH-]C1.Cc1nn(-c2ccn[nH]2)c2nc(N3CCOCC3C)c[c-]c12.[Ni+3]. The molecule has 1 saturated carbocycles. The first-order chi connectivity index (χ1) is 14.6. The molecule has 1 atom stereocenters. The van der Waals surface area contributed by atoms with Gasteiger partial charge in [0.05, 0.1) is 25.1 Å². The van der Waals surface area contributed by atoms with Crippen molar-refractivity contribution in [1.29, 1.82) is 0 Å². The zero-order valence-electron chi connectivity index (χ0n) is 18.5. The second-order valence-corrected chi connectivity index (χ2v) is 8.24. The predicted octanol–water partition coefficient (Wildman–Crippen LogP) is 4.08. The third-order valence-electron chi connectivity index (χ3n) is 5.69. The van der Waals surface area contributed by atoms with Crippen LogP contribution in [0, 0.1) is 31.7 Å². The van der Waals surface area contributed by atoms with Gasteiger partial charge in [-0.25, -0.2) is 22.6 Å². The number of pyridine rings is 1. The Bertz CT molecular complexity index is 933. The van der Waals surface area contributed by atoms with Crippen LogP contribution in [0.25, 0.3) is 16.9 Å². The van der Waals surface area contributed by atoms with E-state index in [0.29, 0.717) is 6.04 Å². The Balaban J connectivity index is 0.000000258. The van der Waals surface area contributed by atoms with E-state index in [2.05, 4.69) is 53.0 Å². The van der Waals surface area contributed by atoms with Gasteiger partial charge in [-0.2, -0.15) is 17.9 Å². The minimum atomic E-state index is 0. The van der Waals surface area contributed by atoms with Crippen molar-refractivity contribution in [3.63, 3.8) is 0 Å². The summed E-state index contributed by atoms with van der Waals surface area (Å²) in [6, 6.07) is 7.44. The van der Waals surface area contributed by atoms with Gasteiger partial charge in [-0.05, 0) is 12.6 Å². The van der Waals surface area contributed by atoms with Crippen LogP contribution < -0.4 is 4.90 Å². The second-order valence-electron chi connectivity index (χ2n) is 8.24. The summed E-state index contributed by atoms with van der Waals surface area (Å²) in [5, 5.41) is 12.4. The van der Waals surface area contributed by atoms with E-state index in [1.54, 1.807) is 10.9 Å². The molecule has 5 rings (SSSR count). The Morgan fingerprint density at radius 2 is 2.00 bits per heavy atom. The molecule has 1 unspecified atom stereocenters. The van der Waals surface area contributed by atoms with Crippen LogP contribution in [0.3, 0.4) is 0 Å². The van der Waals surface area contributed by atoms with Crippen LogP contribution in [0.15, 0.2) is 18.3 Å². The Morgan fingerprint density at radius 3 is 2.68 bits per heavy atom. The number of aromatic amines is 1. The van der Waals surface area contributed by atoms with Gasteiger partial charge in [-0.15, -0.1) is 12.1 Å². The fourth-order valence-electron chi connectivity index (χ4n) is 3.95. The van der Waals surface area contributed by atoms with Gasteiger partial charge in [0.1, 0.15) is 5.82 Å². The number of hydrogen-bond donors (Lipinski definition) is 1. The van der Waals surface area contributed by atoms with Crippen LogP contribution in [-0.2, 0) is 21.2 Å². The van der Waals surface area contributed by atoms with Gasteiger partial charge in [0.25, 0.3) is 0 Å². The number of rotatable bonds is 2. The van der Waals surface area contributed by atoms with Crippen molar-refractivity contribution in [3.8, 4) is 5.82 Å². The minimum absolute atomic E-state index is 0. The van der Waals surface area contributed by atoms with E-state index < -0.39 is 0 Å². The summed E-state index contributed by atoms with van der Waals surface area (Å²) in [5.41, 5.74) is 1.69. The van der Waals surface area contributed by atoms with E-state index in [1.807, 2.05) is 19.1 Å². The number of aryl methyl sites for hydroxylation is 1. The van der Waals surface area contributed by atoms with Crippen molar-refractivity contribution in [2.24, 2.45) is 5.92 Å². The topological polar surface area (TPSA) is 71.9 Å². The molecule has 31 heavy (non-hydrogen) atoms. The molecule has 0 bridgehead atoms. The Morgan fingerprint density at radius 1 is 1.23 bits per heavy atom. The quantitative estimate of drug-likeness (QED) is 0.350. The van der Waals surface area contributed by atoms with Crippen LogP contribution in [0.5, 0.6) is 0 Å². The number of H-pyrrole nitrogens is 1. The molecule has 3 aromatic rings. The Hall–Kier alpha value is -1.92. The minimum Gasteiger partial charge on any atom is -0.389 e. The van der Waals surface area contributed by atoms with Crippen LogP contribution in [0.1, 0.15) is 45.2 Å². The molecule has 2 aliphatic rings. The zero-order chi connectivity index (χ0) is 20.9. The van der Waals surface area contributed by atoms with Gasteiger partial charge in [0.15, 0.2) is 0 Å². The van der Waals surface area contributed by atoms with Crippen LogP contribution in [-0.4, -0.2) is 50.8 Å². The van der Waals surface area contributed by atoms with Gasteiger partial charge < -0.3 is 27.5 Å². The first kappa shape index (κ1) is 23.7. The van der Waals surface area contributed by atoms with Gasteiger partial charge >= 0.3 is 16.5 Å². The van der Waals surface area contributed by atoms with E-state index in [1.165, 1.54) is 25.7 Å². The number of nitrogens with zero attached hydrogens (tertiary/aromatic N) is 5. The molecule has 1 aliphatic heterocycles. The number of aromatic nitrogens is 5. The second kappa shape index (κ2) is 11.1. The monoisotopic (exact) mass is 465 g/mol. The van der Waals surface area contributed by atoms with Gasteiger partial charge in [0.2, 0.25) is 0 Å². The summed E-state index contributed by atoms with van der Waals surface area (Å²) in [7, 11) is 0. The number of morpholine rings is 1. The third kappa shape index (κ3) is 5.66. The first-order valence-corrected chi connectivity index (χ1v) is 10.9. The van der Waals surface area contributed by atoms with Crippen LogP contribution in [0.2, 0.25) is 0 Å². The zero-order valence-corrected chi connectivity index (χ0v) is 19.4. The van der Waals surface area contributed by atoms with Gasteiger partial charge in [-0.3, -0.25) is 5.10 Å². The molecule has 1 N–H and O–H groups in total. The van der Waals surface area contributed by atoms with E-state index in [9.17, 15) is 0 Å². The fourth-order valence-corrected chi connectivity index (χ4v) is 3.95. The van der Waals surface area contributed by atoms with Crippen molar-refractivity contribution in [3.05, 3.63) is 42.9 Å². The number of nitrogens with one attached hydrogen (secondary N) is 1. The van der Waals surface area contributed by atoms with Crippen LogP contribution in [0.4, 0.5) is 5.82 Å². The smallest absolute Gasteiger partial charge is 0.389 e. The number of anilines is 1. The fraction of sp³-hybridized carbons (Fsp3) is 0.522. The average molecular weight is 466 g/mol. The summed E-state index contributed by atoms with van der Waals surface area (Å²) >= 11 is 0. The Labute approximate surface area is 194 Å². The van der Waals surface area contributed by atoms with Crippen molar-refractivity contribution < 1.29 is 21.2 Å². The normalized spacial score (nSPS) is 20.0. The molecule has 2 fully saturated rings. The first-order valence-electron chi connectivity index (χ1n) is 10.9. The van der Waals surface area contributed by atoms with E-state index in [0.717, 1.165) is 54.0 Å². The molecule has 169 valence electrons. The van der Waals surface area contributed by atoms with Crippen molar-refractivity contribution in [2.75, 3.05) is 24.7 Å². The van der Waals surface area contributed by atoms with E-state index in [4.69, 9.17) is 9.72 Å². The molecule has 3 aromatic heterocycles. The van der Waals surface area contributed by atoms with Crippen molar-refractivity contribution in [2.45, 2.75) is 52.5 Å². The summed E-state index contributed by atoms with van der Waals surface area (Å²) in [5.74, 6) is 2.62. The van der Waals surface area contributed by atoms with Gasteiger partial charge in [-0.1, -0.05) is 25.2 Å². The summed E-state index contributed by atoms with van der Waals surface area (Å²) in [6.45, 7) is 8.71. The maximum atomic E-state index is 5.50. The number of hydrogen-bond acceptors (Lipinski definition) is 5. The molecule has 8 heteroatoms. The molecule has 1 saturated heterocycles. The molecule has 1 aliphatic carbocycles. The largest absolute Gasteiger partial charge is 3.00 e. The molecule has 1 radical (unpaired) electrons. The summed E-state index contributed by atoms with van der Waals surface area (Å²) < 4.78 is 7.28. The maximum absolute atomic E-state index is 5.50. The molecule has 0 spiro atoms. The summed E-state index contributed by atoms with van der Waals surface area (Å²) in [4.78, 5) is 7.07. The predicted molar refractivity (Wildman–Crippen MR) is 118 cm³/mol. The third-order valence-corrected chi connectivity index (χ3v) is 5.69. The average Bonchev–Trinajstić information content (AvgIpc) is 3.32. The van der Waals surface area contributed by atoms with Crippen molar-refractivity contribution >= 4 is 16.9 Å². The molecular formula is C23H31N6NiO. The van der Waals surface area contributed by atoms with Crippen LogP contribution >= 0.6 is 0 Å². The molecule has 0 aromatic carbocycles. The molecular weight excluding hydrogens is 435 g/mol. The summed E-state index contributed by atoms with van der Waals surface area (Å²) in [6.07, 6.45) is 11.8. The van der Waals surface area contributed by atoms with Gasteiger partial charge in [0, 0.05) is 24.5 Å². The molecule has 7 nitrogen and oxygen atoms in total. The molecule has 0 amide bonds. The van der Waals surface area contributed by atoms with E-state index >= 15 is 0 Å². The number of ether oxygens (including phenoxy) is 1. The van der Waals surface area contributed by atoms with E-state index in [-0.39, 0.29) is 16.5 Å². The Kier molecular flexibility index (Phi) is 8.50. The number of fused-ring (bicyclic) bond motifs is 1.